The standard InChI is InChI=1S/C15H18ClN3O2/c1-10-9-20-11(2)7-19(10)8-14-17-15(18-21-14)12-5-3-4-6-13(12)16/h3-6,10-11H,7-9H2,1-2H3/t10-,11+/m0/s1. The molecule has 1 aromatic carbocycles. The van der Waals surface area contributed by atoms with Crippen molar-refractivity contribution in [1.29, 1.82) is 0 Å². The lowest BCUT2D eigenvalue weighted by Crippen LogP contribution is -2.46. The number of ether oxygens (including phenoxy) is 1. The van der Waals surface area contributed by atoms with E-state index in [9.17, 15) is 0 Å². The summed E-state index contributed by atoms with van der Waals surface area (Å²) in [5, 5.41) is 4.65. The van der Waals surface area contributed by atoms with Crippen molar-refractivity contribution in [3.8, 4) is 11.4 Å². The van der Waals surface area contributed by atoms with Gasteiger partial charge in [-0.05, 0) is 26.0 Å². The second kappa shape index (κ2) is 6.13. The fourth-order valence-electron chi connectivity index (χ4n) is 2.44. The van der Waals surface area contributed by atoms with E-state index >= 15 is 0 Å². The first-order valence-corrected chi connectivity index (χ1v) is 7.44. The van der Waals surface area contributed by atoms with E-state index in [2.05, 4.69) is 28.9 Å². The second-order valence-corrected chi connectivity index (χ2v) is 5.82. The molecule has 0 unspecified atom stereocenters. The zero-order valence-corrected chi connectivity index (χ0v) is 12.9. The number of morpholine rings is 1. The Balaban J connectivity index is 1.75. The smallest absolute Gasteiger partial charge is 0.241 e. The molecule has 0 saturated carbocycles. The first-order valence-electron chi connectivity index (χ1n) is 7.06. The fourth-order valence-corrected chi connectivity index (χ4v) is 2.66. The number of rotatable bonds is 3. The molecule has 112 valence electrons. The average molecular weight is 308 g/mol. The highest BCUT2D eigenvalue weighted by Gasteiger charge is 2.25. The van der Waals surface area contributed by atoms with Gasteiger partial charge in [0, 0.05) is 18.2 Å². The summed E-state index contributed by atoms with van der Waals surface area (Å²) in [6.07, 6.45) is 0.229. The van der Waals surface area contributed by atoms with Crippen LogP contribution in [0.25, 0.3) is 11.4 Å². The van der Waals surface area contributed by atoms with Crippen molar-refractivity contribution in [2.75, 3.05) is 13.2 Å². The molecule has 1 aliphatic rings. The van der Waals surface area contributed by atoms with Crippen LogP contribution in [-0.4, -0.2) is 40.3 Å². The SMILES string of the molecule is C[C@@H]1CN(Cc2nc(-c3ccccc3Cl)no2)[C@@H](C)CO1. The molecule has 0 spiro atoms. The summed E-state index contributed by atoms with van der Waals surface area (Å²) < 4.78 is 11.0. The third-order valence-corrected chi connectivity index (χ3v) is 3.99. The van der Waals surface area contributed by atoms with Crippen molar-refractivity contribution >= 4 is 11.6 Å². The molecule has 2 aromatic rings. The van der Waals surface area contributed by atoms with Crippen LogP contribution < -0.4 is 0 Å². The van der Waals surface area contributed by atoms with Crippen molar-refractivity contribution in [3.05, 3.63) is 35.2 Å². The topological polar surface area (TPSA) is 51.4 Å². The maximum atomic E-state index is 6.15. The van der Waals surface area contributed by atoms with E-state index in [1.54, 1.807) is 0 Å². The van der Waals surface area contributed by atoms with Gasteiger partial charge in [0.15, 0.2) is 0 Å². The normalized spacial score (nSPS) is 23.4. The predicted octanol–water partition coefficient (Wildman–Crippen LogP) is 3.00. The van der Waals surface area contributed by atoms with E-state index in [0.717, 1.165) is 18.7 Å². The first-order chi connectivity index (χ1) is 10.1. The molecule has 1 fully saturated rings. The van der Waals surface area contributed by atoms with E-state index < -0.39 is 0 Å². The molecule has 2 heterocycles. The van der Waals surface area contributed by atoms with Crippen molar-refractivity contribution in [3.63, 3.8) is 0 Å². The molecule has 0 aliphatic carbocycles. The summed E-state index contributed by atoms with van der Waals surface area (Å²) >= 11 is 6.15. The Morgan fingerprint density at radius 2 is 2.14 bits per heavy atom. The molecule has 6 heteroatoms. The Morgan fingerprint density at radius 3 is 2.95 bits per heavy atom. The number of hydrogen-bond donors (Lipinski definition) is 0. The zero-order chi connectivity index (χ0) is 14.8. The van der Waals surface area contributed by atoms with Gasteiger partial charge in [0.25, 0.3) is 0 Å². The molecule has 0 bridgehead atoms. The lowest BCUT2D eigenvalue weighted by molar-refractivity contribution is -0.0555. The van der Waals surface area contributed by atoms with Crippen molar-refractivity contribution in [2.45, 2.75) is 32.5 Å². The van der Waals surface area contributed by atoms with E-state index in [0.29, 0.717) is 29.3 Å². The summed E-state index contributed by atoms with van der Waals surface area (Å²) in [6, 6.07) is 7.83. The monoisotopic (exact) mass is 307 g/mol. The van der Waals surface area contributed by atoms with Gasteiger partial charge in [-0.25, -0.2) is 0 Å². The Kier molecular flexibility index (Phi) is 4.24. The molecule has 0 amide bonds. The van der Waals surface area contributed by atoms with E-state index in [1.807, 2.05) is 24.3 Å². The van der Waals surface area contributed by atoms with E-state index in [1.165, 1.54) is 0 Å². The summed E-state index contributed by atoms with van der Waals surface area (Å²) in [6.45, 7) is 6.43. The summed E-state index contributed by atoms with van der Waals surface area (Å²) in [4.78, 5) is 6.74. The van der Waals surface area contributed by atoms with Gasteiger partial charge in [-0.15, -0.1) is 0 Å². The quantitative estimate of drug-likeness (QED) is 0.872. The van der Waals surface area contributed by atoms with Gasteiger partial charge in [-0.3, -0.25) is 4.90 Å². The number of benzene rings is 1. The van der Waals surface area contributed by atoms with Gasteiger partial charge in [0.2, 0.25) is 11.7 Å². The van der Waals surface area contributed by atoms with Gasteiger partial charge in [0.05, 0.1) is 24.3 Å². The highest BCUT2D eigenvalue weighted by molar-refractivity contribution is 6.33. The largest absolute Gasteiger partial charge is 0.376 e. The van der Waals surface area contributed by atoms with E-state index in [-0.39, 0.29) is 6.10 Å². The van der Waals surface area contributed by atoms with E-state index in [4.69, 9.17) is 20.9 Å². The molecule has 0 radical (unpaired) electrons. The van der Waals surface area contributed by atoms with Gasteiger partial charge in [-0.1, -0.05) is 28.9 Å². The number of aromatic nitrogens is 2. The molecular weight excluding hydrogens is 290 g/mol. The molecule has 1 saturated heterocycles. The fraction of sp³-hybridized carbons (Fsp3) is 0.467. The minimum Gasteiger partial charge on any atom is -0.376 e. The highest BCUT2D eigenvalue weighted by Crippen LogP contribution is 2.25. The lowest BCUT2D eigenvalue weighted by Gasteiger charge is -2.35. The van der Waals surface area contributed by atoms with Crippen LogP contribution in [0.1, 0.15) is 19.7 Å². The van der Waals surface area contributed by atoms with Crippen LogP contribution in [0.15, 0.2) is 28.8 Å². The van der Waals surface area contributed by atoms with Gasteiger partial charge < -0.3 is 9.26 Å². The molecule has 21 heavy (non-hydrogen) atoms. The molecule has 0 N–H and O–H groups in total. The number of nitrogens with zero attached hydrogens (tertiary/aromatic N) is 3. The van der Waals surface area contributed by atoms with Gasteiger partial charge >= 0.3 is 0 Å². The molecule has 5 nitrogen and oxygen atoms in total. The zero-order valence-electron chi connectivity index (χ0n) is 12.1. The van der Waals surface area contributed by atoms with Crippen molar-refractivity contribution in [2.24, 2.45) is 0 Å². The van der Waals surface area contributed by atoms with Crippen LogP contribution in [0.5, 0.6) is 0 Å². The summed E-state index contributed by atoms with van der Waals surface area (Å²) in [5.74, 6) is 1.13. The van der Waals surface area contributed by atoms with Crippen LogP contribution in [-0.2, 0) is 11.3 Å². The Labute approximate surface area is 128 Å². The van der Waals surface area contributed by atoms with Gasteiger partial charge in [0.1, 0.15) is 0 Å². The first kappa shape index (κ1) is 14.5. The third-order valence-electron chi connectivity index (χ3n) is 3.66. The number of halogens is 1. The highest BCUT2D eigenvalue weighted by atomic mass is 35.5. The summed E-state index contributed by atoms with van der Waals surface area (Å²) in [7, 11) is 0. The minimum absolute atomic E-state index is 0.229. The van der Waals surface area contributed by atoms with Crippen LogP contribution in [0.3, 0.4) is 0 Å². The molecule has 3 rings (SSSR count). The van der Waals surface area contributed by atoms with Crippen LogP contribution in [0, 0.1) is 0 Å². The van der Waals surface area contributed by atoms with Crippen LogP contribution >= 0.6 is 11.6 Å². The Hall–Kier alpha value is -1.43. The summed E-state index contributed by atoms with van der Waals surface area (Å²) in [5.41, 5.74) is 0.789. The van der Waals surface area contributed by atoms with Crippen molar-refractivity contribution < 1.29 is 9.26 Å². The minimum atomic E-state index is 0.229. The Morgan fingerprint density at radius 1 is 1.33 bits per heavy atom. The molecule has 1 aliphatic heterocycles. The van der Waals surface area contributed by atoms with Crippen molar-refractivity contribution in [1.82, 2.24) is 15.0 Å². The predicted molar refractivity (Wildman–Crippen MR) is 80.0 cm³/mol. The average Bonchev–Trinajstić information content (AvgIpc) is 2.92. The molecule has 2 atom stereocenters. The maximum Gasteiger partial charge on any atom is 0.241 e. The number of hydrogen-bond acceptors (Lipinski definition) is 5. The van der Waals surface area contributed by atoms with Crippen LogP contribution in [0.4, 0.5) is 0 Å². The Bertz CT molecular complexity index is 616. The van der Waals surface area contributed by atoms with Crippen LogP contribution in [0.2, 0.25) is 5.02 Å². The second-order valence-electron chi connectivity index (χ2n) is 5.41. The van der Waals surface area contributed by atoms with Gasteiger partial charge in [-0.2, -0.15) is 4.98 Å². The molecular formula is C15H18ClN3O2. The third kappa shape index (κ3) is 3.26. The lowest BCUT2D eigenvalue weighted by atomic mass is 10.2. The molecule has 1 aromatic heterocycles. The maximum absolute atomic E-state index is 6.15.